The Morgan fingerprint density at radius 3 is 2.95 bits per heavy atom. The van der Waals surface area contributed by atoms with Crippen LogP contribution in [0.3, 0.4) is 0 Å². The number of hydrogen-bond donors (Lipinski definition) is 1. The van der Waals surface area contributed by atoms with E-state index in [1.165, 1.54) is 0 Å². The minimum Gasteiger partial charge on any atom is -0.497 e. The lowest BCUT2D eigenvalue weighted by Gasteiger charge is -2.13. The highest BCUT2D eigenvalue weighted by molar-refractivity contribution is 5.52. The van der Waals surface area contributed by atoms with Crippen molar-refractivity contribution in [1.82, 2.24) is 19.6 Å². The molecule has 0 saturated carbocycles. The molecule has 2 heterocycles. The van der Waals surface area contributed by atoms with Gasteiger partial charge >= 0.3 is 0 Å². The van der Waals surface area contributed by atoms with Crippen molar-refractivity contribution in [2.75, 3.05) is 12.4 Å². The molecule has 1 N–H and O–H groups in total. The Morgan fingerprint density at radius 1 is 1.29 bits per heavy atom. The second-order valence-corrected chi connectivity index (χ2v) is 4.88. The zero-order valence-electron chi connectivity index (χ0n) is 12.3. The van der Waals surface area contributed by atoms with Crippen LogP contribution < -0.4 is 10.1 Å². The summed E-state index contributed by atoms with van der Waals surface area (Å²) in [4.78, 5) is 4.41. The second kappa shape index (κ2) is 5.40. The summed E-state index contributed by atoms with van der Waals surface area (Å²) >= 11 is 0. The number of fused-ring (bicyclic) bond motifs is 1. The SMILES string of the molecule is COc1cccc(CNc2c(C)c(C)nc3nncn23)c1. The first kappa shape index (κ1) is 13.4. The molecule has 0 aliphatic carbocycles. The van der Waals surface area contributed by atoms with E-state index < -0.39 is 0 Å². The molecule has 0 fully saturated rings. The van der Waals surface area contributed by atoms with E-state index in [4.69, 9.17) is 4.74 Å². The maximum absolute atomic E-state index is 5.24. The number of methoxy groups -OCH3 is 1. The Balaban J connectivity index is 1.91. The van der Waals surface area contributed by atoms with Crippen LogP contribution >= 0.6 is 0 Å². The summed E-state index contributed by atoms with van der Waals surface area (Å²) in [6, 6.07) is 7.99. The van der Waals surface area contributed by atoms with Crippen LogP contribution in [-0.2, 0) is 6.54 Å². The van der Waals surface area contributed by atoms with E-state index in [0.717, 1.165) is 28.4 Å². The summed E-state index contributed by atoms with van der Waals surface area (Å²) < 4.78 is 7.11. The normalized spacial score (nSPS) is 10.8. The van der Waals surface area contributed by atoms with E-state index in [-0.39, 0.29) is 0 Å². The van der Waals surface area contributed by atoms with E-state index >= 15 is 0 Å². The van der Waals surface area contributed by atoms with Gasteiger partial charge in [-0.2, -0.15) is 0 Å². The largest absolute Gasteiger partial charge is 0.497 e. The minimum absolute atomic E-state index is 0.603. The van der Waals surface area contributed by atoms with E-state index in [2.05, 4.69) is 26.6 Å². The van der Waals surface area contributed by atoms with Crippen LogP contribution in [0.4, 0.5) is 5.82 Å². The predicted molar refractivity (Wildman–Crippen MR) is 80.6 cm³/mol. The summed E-state index contributed by atoms with van der Waals surface area (Å²) in [5.41, 5.74) is 3.18. The van der Waals surface area contributed by atoms with Gasteiger partial charge < -0.3 is 10.1 Å². The number of anilines is 1. The highest BCUT2D eigenvalue weighted by Gasteiger charge is 2.10. The molecule has 0 spiro atoms. The molecule has 6 nitrogen and oxygen atoms in total. The molecule has 0 saturated heterocycles. The molecule has 0 amide bonds. The van der Waals surface area contributed by atoms with Gasteiger partial charge in [-0.1, -0.05) is 12.1 Å². The van der Waals surface area contributed by atoms with E-state index in [9.17, 15) is 0 Å². The van der Waals surface area contributed by atoms with Crippen LogP contribution in [-0.4, -0.2) is 26.7 Å². The number of benzene rings is 1. The first-order valence-corrected chi connectivity index (χ1v) is 6.73. The van der Waals surface area contributed by atoms with Gasteiger partial charge in [0.05, 0.1) is 7.11 Å². The molecule has 0 bridgehead atoms. The molecule has 3 rings (SSSR count). The summed E-state index contributed by atoms with van der Waals surface area (Å²) in [5.74, 6) is 2.42. The smallest absolute Gasteiger partial charge is 0.256 e. The molecule has 1 aromatic carbocycles. The maximum Gasteiger partial charge on any atom is 0.256 e. The van der Waals surface area contributed by atoms with Gasteiger partial charge in [-0.15, -0.1) is 10.2 Å². The average molecular weight is 283 g/mol. The van der Waals surface area contributed by atoms with Crippen LogP contribution in [0.25, 0.3) is 5.78 Å². The topological polar surface area (TPSA) is 64.3 Å². The van der Waals surface area contributed by atoms with Gasteiger partial charge in [-0.25, -0.2) is 4.98 Å². The zero-order valence-corrected chi connectivity index (χ0v) is 12.3. The summed E-state index contributed by atoms with van der Waals surface area (Å²) in [6.07, 6.45) is 1.67. The fraction of sp³-hybridized carbons (Fsp3) is 0.267. The number of rotatable bonds is 4. The lowest BCUT2D eigenvalue weighted by molar-refractivity contribution is 0.414. The Hall–Kier alpha value is -2.63. The van der Waals surface area contributed by atoms with Crippen molar-refractivity contribution < 1.29 is 4.74 Å². The molecule has 6 heteroatoms. The second-order valence-electron chi connectivity index (χ2n) is 4.88. The van der Waals surface area contributed by atoms with Crippen LogP contribution in [0.15, 0.2) is 30.6 Å². The average Bonchev–Trinajstić information content (AvgIpc) is 2.95. The van der Waals surface area contributed by atoms with E-state index in [1.807, 2.05) is 36.4 Å². The third-order valence-corrected chi connectivity index (χ3v) is 3.53. The number of aryl methyl sites for hydroxylation is 1. The van der Waals surface area contributed by atoms with Gasteiger partial charge in [-0.3, -0.25) is 4.40 Å². The van der Waals surface area contributed by atoms with Crippen molar-refractivity contribution in [3.63, 3.8) is 0 Å². The van der Waals surface area contributed by atoms with Crippen molar-refractivity contribution in [2.45, 2.75) is 20.4 Å². The minimum atomic E-state index is 0.603. The molecule has 0 aliphatic rings. The van der Waals surface area contributed by atoms with Crippen molar-refractivity contribution in [3.05, 3.63) is 47.4 Å². The van der Waals surface area contributed by atoms with Crippen molar-refractivity contribution in [2.24, 2.45) is 0 Å². The summed E-state index contributed by atoms with van der Waals surface area (Å²) in [6.45, 7) is 4.70. The summed E-state index contributed by atoms with van der Waals surface area (Å²) in [7, 11) is 1.67. The molecule has 0 aliphatic heterocycles. The highest BCUT2D eigenvalue weighted by Crippen LogP contribution is 2.20. The number of hydrogen-bond acceptors (Lipinski definition) is 5. The molecule has 0 atom stereocenters. The number of nitrogens with zero attached hydrogens (tertiary/aromatic N) is 4. The molecule has 0 radical (unpaired) electrons. The number of aromatic nitrogens is 4. The van der Waals surface area contributed by atoms with Gasteiger partial charge in [0.15, 0.2) is 0 Å². The Labute approximate surface area is 122 Å². The third-order valence-electron chi connectivity index (χ3n) is 3.53. The maximum atomic E-state index is 5.24. The zero-order chi connectivity index (χ0) is 14.8. The van der Waals surface area contributed by atoms with Crippen LogP contribution in [0.5, 0.6) is 5.75 Å². The van der Waals surface area contributed by atoms with Gasteiger partial charge in [0.25, 0.3) is 5.78 Å². The summed E-state index contributed by atoms with van der Waals surface area (Å²) in [5, 5.41) is 11.4. The van der Waals surface area contributed by atoms with Gasteiger partial charge in [0.2, 0.25) is 0 Å². The lowest BCUT2D eigenvalue weighted by atomic mass is 10.2. The third kappa shape index (κ3) is 2.52. The van der Waals surface area contributed by atoms with E-state index in [1.54, 1.807) is 13.4 Å². The van der Waals surface area contributed by atoms with E-state index in [0.29, 0.717) is 12.3 Å². The Bertz CT molecular complexity index is 781. The highest BCUT2D eigenvalue weighted by atomic mass is 16.5. The van der Waals surface area contributed by atoms with Crippen LogP contribution in [0, 0.1) is 13.8 Å². The molecule has 0 unspecified atom stereocenters. The molecular weight excluding hydrogens is 266 g/mol. The van der Waals surface area contributed by atoms with Crippen molar-refractivity contribution >= 4 is 11.6 Å². The fourth-order valence-electron chi connectivity index (χ4n) is 2.23. The van der Waals surface area contributed by atoms with Crippen LogP contribution in [0.1, 0.15) is 16.8 Å². The Kier molecular flexibility index (Phi) is 3.43. The Morgan fingerprint density at radius 2 is 2.14 bits per heavy atom. The molecule has 3 aromatic rings. The standard InChI is InChI=1S/C15H17N5O/c1-10-11(2)18-15-19-17-9-20(15)14(10)16-8-12-5-4-6-13(7-12)21-3/h4-7,9,16H,8H2,1-3H3. The lowest BCUT2D eigenvalue weighted by Crippen LogP contribution is -2.08. The quantitative estimate of drug-likeness (QED) is 0.796. The molecule has 21 heavy (non-hydrogen) atoms. The molecular formula is C15H17N5O. The number of ether oxygens (including phenoxy) is 1. The fourth-order valence-corrected chi connectivity index (χ4v) is 2.23. The molecule has 108 valence electrons. The predicted octanol–water partition coefficient (Wildman–Crippen LogP) is 2.36. The van der Waals surface area contributed by atoms with Crippen molar-refractivity contribution in [3.8, 4) is 5.75 Å². The van der Waals surface area contributed by atoms with Crippen molar-refractivity contribution in [1.29, 1.82) is 0 Å². The first-order valence-electron chi connectivity index (χ1n) is 6.73. The van der Waals surface area contributed by atoms with Crippen LogP contribution in [0.2, 0.25) is 0 Å². The monoisotopic (exact) mass is 283 g/mol. The van der Waals surface area contributed by atoms with Gasteiger partial charge in [-0.05, 0) is 31.5 Å². The number of nitrogens with one attached hydrogen (secondary N) is 1. The van der Waals surface area contributed by atoms with Gasteiger partial charge in [0, 0.05) is 17.8 Å². The van der Waals surface area contributed by atoms with Gasteiger partial charge in [0.1, 0.15) is 17.9 Å². The molecule has 2 aromatic heterocycles. The first-order chi connectivity index (χ1) is 10.2.